The molecule has 72 heavy (non-hydrogen) atoms. The van der Waals surface area contributed by atoms with Gasteiger partial charge in [-0.05, 0) is 75.9 Å². The number of aromatic nitrogens is 4. The van der Waals surface area contributed by atoms with Gasteiger partial charge in [0.2, 0.25) is 17.5 Å². The van der Waals surface area contributed by atoms with Gasteiger partial charge in [-0.1, -0.05) is 44.6 Å². The van der Waals surface area contributed by atoms with E-state index in [1.807, 2.05) is 51.2 Å². The van der Waals surface area contributed by atoms with Gasteiger partial charge in [0.05, 0.1) is 41.6 Å². The van der Waals surface area contributed by atoms with Crippen LogP contribution in [0.1, 0.15) is 90.1 Å². The molecular weight excluding hydrogens is 969 g/mol. The Balaban J connectivity index is 0.899. The number of amides is 2. The molecule has 0 fully saturated rings. The van der Waals surface area contributed by atoms with E-state index in [0.717, 1.165) is 39.2 Å². The predicted molar refractivity (Wildman–Crippen MR) is 273 cm³/mol. The first-order valence-corrected chi connectivity index (χ1v) is 26.9. The minimum absolute atomic E-state index is 0.0990. The summed E-state index contributed by atoms with van der Waals surface area (Å²) in [6.45, 7) is 13.2. The van der Waals surface area contributed by atoms with Crippen LogP contribution in [0.5, 0.6) is 0 Å². The lowest BCUT2D eigenvalue weighted by Crippen LogP contribution is -2.36. The normalized spacial score (nSPS) is 15.9. The van der Waals surface area contributed by atoms with Crippen molar-refractivity contribution in [3.05, 3.63) is 110 Å². The SMILES string of the molecule is CC[N+]1=C(C=CC=CC=C2N(CCCCCC(=O)NCCOCCOCCNC(=O)CCCc3nc4c([nH]3)c(=O)n(C)c(=O)n4C)c3cc(S(=O)(=O)O)ccc3C2(C)C)C(C)(C)c2cc(S(=O)(=O)O)ccc21. The van der Waals surface area contributed by atoms with Crippen LogP contribution in [-0.4, -0.2) is 120 Å². The second-order valence-electron chi connectivity index (χ2n) is 18.8. The highest BCUT2D eigenvalue weighted by Gasteiger charge is 2.44. The Morgan fingerprint density at radius 2 is 1.40 bits per heavy atom. The van der Waals surface area contributed by atoms with E-state index in [1.165, 1.54) is 35.9 Å². The topological polar surface area (TPSA) is 264 Å². The molecule has 0 bridgehead atoms. The zero-order valence-electron chi connectivity index (χ0n) is 42.0. The average molecular weight is 1040 g/mol. The Hall–Kier alpha value is -6.04. The molecule has 20 nitrogen and oxygen atoms in total. The summed E-state index contributed by atoms with van der Waals surface area (Å²) < 4.78 is 83.4. The molecule has 0 unspecified atom stereocenters. The Bertz CT molecular complexity index is 3160. The number of imidazole rings is 1. The van der Waals surface area contributed by atoms with Crippen LogP contribution < -0.4 is 26.8 Å². The molecule has 0 saturated heterocycles. The van der Waals surface area contributed by atoms with E-state index in [2.05, 4.69) is 43.9 Å². The third-order valence-corrected chi connectivity index (χ3v) is 14.8. The Kier molecular flexibility index (Phi) is 17.8. The van der Waals surface area contributed by atoms with Crippen molar-refractivity contribution in [1.82, 2.24) is 29.7 Å². The van der Waals surface area contributed by atoms with Crippen molar-refractivity contribution in [3.63, 3.8) is 0 Å². The smallest absolute Gasteiger partial charge is 0.332 e. The molecule has 5 N–H and O–H groups in total. The minimum atomic E-state index is -4.46. The first-order chi connectivity index (χ1) is 34.0. The van der Waals surface area contributed by atoms with Gasteiger partial charge >= 0.3 is 5.69 Å². The zero-order chi connectivity index (χ0) is 52.6. The maximum absolute atomic E-state index is 12.6. The molecular formula is C50H67N8O12S2+. The van der Waals surface area contributed by atoms with Crippen LogP contribution in [0.4, 0.5) is 11.4 Å². The van der Waals surface area contributed by atoms with Crippen molar-refractivity contribution in [2.24, 2.45) is 14.1 Å². The van der Waals surface area contributed by atoms with Crippen LogP contribution in [-0.2, 0) is 70.6 Å². The molecule has 22 heteroatoms. The molecule has 2 aliphatic rings. The molecule has 2 amide bonds. The third kappa shape index (κ3) is 12.8. The molecule has 4 aromatic rings. The number of unbranched alkanes of at least 4 members (excludes halogenated alkanes) is 2. The number of nitrogens with one attached hydrogen (secondary N) is 3. The fourth-order valence-electron chi connectivity index (χ4n) is 9.25. The highest BCUT2D eigenvalue weighted by atomic mass is 32.2. The van der Waals surface area contributed by atoms with Gasteiger partial charge in [-0.15, -0.1) is 0 Å². The number of hydrogen-bond donors (Lipinski definition) is 5. The Morgan fingerprint density at radius 1 is 0.778 bits per heavy atom. The van der Waals surface area contributed by atoms with E-state index in [0.29, 0.717) is 96.2 Å². The average Bonchev–Trinajstić information content (AvgIpc) is 3.92. The number of carbonyl (C=O) groups is 2. The number of carbonyl (C=O) groups excluding carboxylic acids is 2. The number of anilines is 1. The summed E-state index contributed by atoms with van der Waals surface area (Å²) in [5, 5.41) is 5.67. The number of hydrogen-bond acceptors (Lipinski definition) is 12. The van der Waals surface area contributed by atoms with Gasteiger partial charge in [0, 0.05) is 87.5 Å². The van der Waals surface area contributed by atoms with E-state index >= 15 is 0 Å². The number of rotatable bonds is 25. The molecule has 0 aliphatic carbocycles. The highest BCUT2D eigenvalue weighted by molar-refractivity contribution is 7.86. The van der Waals surface area contributed by atoms with E-state index < -0.39 is 42.3 Å². The van der Waals surface area contributed by atoms with E-state index in [1.54, 1.807) is 19.2 Å². The van der Waals surface area contributed by atoms with Gasteiger partial charge in [-0.3, -0.25) is 32.6 Å². The number of benzene rings is 2. The lowest BCUT2D eigenvalue weighted by atomic mass is 9.81. The molecule has 2 aromatic carbocycles. The number of aromatic amines is 1. The van der Waals surface area contributed by atoms with Crippen molar-refractivity contribution < 1.29 is 49.6 Å². The fraction of sp³-hybridized carbons (Fsp3) is 0.480. The fourth-order valence-corrected chi connectivity index (χ4v) is 10.3. The summed E-state index contributed by atoms with van der Waals surface area (Å²) >= 11 is 0. The van der Waals surface area contributed by atoms with E-state index in [9.17, 15) is 45.1 Å². The molecule has 0 spiro atoms. The molecule has 2 aliphatic heterocycles. The van der Waals surface area contributed by atoms with Crippen molar-refractivity contribution in [3.8, 4) is 0 Å². The van der Waals surface area contributed by atoms with Crippen LogP contribution in [0.15, 0.2) is 91.9 Å². The second-order valence-corrected chi connectivity index (χ2v) is 21.7. The molecule has 0 saturated carbocycles. The Labute approximate surface area is 420 Å². The van der Waals surface area contributed by atoms with Gasteiger partial charge in [0.15, 0.2) is 11.4 Å². The maximum Gasteiger partial charge on any atom is 0.332 e. The number of aryl methyl sites for hydroxylation is 2. The lowest BCUT2D eigenvalue weighted by molar-refractivity contribution is -0.433. The maximum atomic E-state index is 12.6. The Morgan fingerprint density at radius 3 is 2.04 bits per heavy atom. The van der Waals surface area contributed by atoms with Crippen molar-refractivity contribution in [2.75, 3.05) is 57.5 Å². The standard InChI is InChI=1S/C50H66N8O12S2/c1-8-57-38-24-22-34(71(63,64)65)32-37(38)50(4,5)40(57)16-11-9-12-17-41-49(2,3)36-23-21-35(72(66,67)68)33-39(36)58(41)27-14-10-13-19-43(59)51-25-28-69-30-31-70-29-26-52-44(60)20-15-18-42-53-45-46(54-42)55(6)48(62)56(7)47(45)61/h9,11-12,16-17,21-24,32-33H,8,10,13-15,18-20,25-31H2,1-7H3,(H4-,51,52,53,54,59,60,61,63,64,65,66,67,68)/p+1. The van der Waals surface area contributed by atoms with Crippen LogP contribution in [0.25, 0.3) is 11.2 Å². The van der Waals surface area contributed by atoms with Crippen LogP contribution in [0.3, 0.4) is 0 Å². The van der Waals surface area contributed by atoms with E-state index in [-0.39, 0.29) is 39.2 Å². The molecule has 390 valence electrons. The third-order valence-electron chi connectivity index (χ3n) is 13.1. The highest BCUT2D eigenvalue weighted by Crippen LogP contribution is 2.48. The van der Waals surface area contributed by atoms with Gasteiger partial charge in [-0.25, -0.2) is 9.78 Å². The van der Waals surface area contributed by atoms with Gasteiger partial charge in [-0.2, -0.15) is 21.4 Å². The number of nitrogens with zero attached hydrogens (tertiary/aromatic N) is 5. The largest absolute Gasteiger partial charge is 0.377 e. The van der Waals surface area contributed by atoms with Crippen molar-refractivity contribution in [1.29, 1.82) is 0 Å². The first-order valence-electron chi connectivity index (χ1n) is 24.0. The van der Waals surface area contributed by atoms with Gasteiger partial charge in [0.1, 0.15) is 17.9 Å². The number of ether oxygens (including phenoxy) is 2. The van der Waals surface area contributed by atoms with Gasteiger partial charge < -0.3 is 30.0 Å². The van der Waals surface area contributed by atoms with Crippen LogP contribution in [0.2, 0.25) is 0 Å². The summed E-state index contributed by atoms with van der Waals surface area (Å²) in [7, 11) is -5.88. The monoisotopic (exact) mass is 1040 g/mol. The van der Waals surface area contributed by atoms with Gasteiger partial charge in [0.25, 0.3) is 25.8 Å². The van der Waals surface area contributed by atoms with E-state index in [4.69, 9.17) is 9.47 Å². The van der Waals surface area contributed by atoms with Crippen molar-refractivity contribution in [2.45, 2.75) is 100 Å². The number of H-pyrrole nitrogens is 1. The molecule has 4 heterocycles. The summed E-state index contributed by atoms with van der Waals surface area (Å²) in [5.41, 5.74) is 3.68. The first kappa shape index (κ1) is 55.3. The van der Waals surface area contributed by atoms with Crippen molar-refractivity contribution >= 4 is 60.3 Å². The molecule has 6 rings (SSSR count). The summed E-state index contributed by atoms with van der Waals surface area (Å²) in [6.07, 6.45) is 13.3. The number of allylic oxidation sites excluding steroid dienone is 6. The lowest BCUT2D eigenvalue weighted by Gasteiger charge is -2.27. The predicted octanol–water partition coefficient (Wildman–Crippen LogP) is 4.49. The molecule has 0 atom stereocenters. The molecule has 0 radical (unpaired) electrons. The minimum Gasteiger partial charge on any atom is -0.377 e. The quantitative estimate of drug-likeness (QED) is 0.0265. The summed E-state index contributed by atoms with van der Waals surface area (Å²) in [6, 6.07) is 9.29. The van der Waals surface area contributed by atoms with Crippen LogP contribution >= 0.6 is 0 Å². The number of fused-ring (bicyclic) bond motifs is 3. The molecule has 2 aromatic heterocycles. The zero-order valence-corrected chi connectivity index (χ0v) is 43.6. The van der Waals surface area contributed by atoms with Crippen LogP contribution in [0, 0.1) is 0 Å². The summed E-state index contributed by atoms with van der Waals surface area (Å²) in [4.78, 5) is 58.4. The summed E-state index contributed by atoms with van der Waals surface area (Å²) in [5.74, 6) is 0.277. The second kappa shape index (κ2) is 23.2.